The standard InChI is InChI=1S/C18H31NO/c1-8-19-16(18(4,5)6)12-11-15-10-9-13(2)14(3)17(15)20-7/h9-10,16,19H,8,11-12H2,1-7H3. The highest BCUT2D eigenvalue weighted by atomic mass is 16.5. The molecule has 1 N–H and O–H groups in total. The van der Waals surface area contributed by atoms with Crippen LogP contribution in [0.15, 0.2) is 12.1 Å². The molecule has 0 radical (unpaired) electrons. The van der Waals surface area contributed by atoms with Gasteiger partial charge in [-0.2, -0.15) is 0 Å². The molecule has 0 fully saturated rings. The van der Waals surface area contributed by atoms with E-state index in [4.69, 9.17) is 4.74 Å². The Morgan fingerprint density at radius 2 is 1.85 bits per heavy atom. The number of ether oxygens (including phenoxy) is 1. The van der Waals surface area contributed by atoms with Crippen molar-refractivity contribution in [2.24, 2.45) is 5.41 Å². The summed E-state index contributed by atoms with van der Waals surface area (Å²) in [6.45, 7) is 14.4. The number of methoxy groups -OCH3 is 1. The summed E-state index contributed by atoms with van der Waals surface area (Å²) in [4.78, 5) is 0. The molecule has 0 spiro atoms. The highest BCUT2D eigenvalue weighted by Gasteiger charge is 2.23. The van der Waals surface area contributed by atoms with Crippen molar-refractivity contribution < 1.29 is 4.74 Å². The van der Waals surface area contributed by atoms with Crippen LogP contribution in [-0.4, -0.2) is 19.7 Å². The van der Waals surface area contributed by atoms with Gasteiger partial charge in [0.1, 0.15) is 5.75 Å². The SMILES string of the molecule is CCNC(CCc1ccc(C)c(C)c1OC)C(C)(C)C. The van der Waals surface area contributed by atoms with E-state index in [2.05, 4.69) is 59.0 Å². The van der Waals surface area contributed by atoms with Crippen molar-refractivity contribution in [3.63, 3.8) is 0 Å². The Hall–Kier alpha value is -1.02. The van der Waals surface area contributed by atoms with Crippen LogP contribution in [0, 0.1) is 19.3 Å². The lowest BCUT2D eigenvalue weighted by Crippen LogP contribution is -2.40. The van der Waals surface area contributed by atoms with Crippen LogP contribution in [0.4, 0.5) is 0 Å². The van der Waals surface area contributed by atoms with Gasteiger partial charge in [-0.3, -0.25) is 0 Å². The van der Waals surface area contributed by atoms with Crippen molar-refractivity contribution in [3.8, 4) is 5.75 Å². The Labute approximate surface area is 124 Å². The maximum atomic E-state index is 5.61. The fraction of sp³-hybridized carbons (Fsp3) is 0.667. The summed E-state index contributed by atoms with van der Waals surface area (Å²) in [6.07, 6.45) is 2.19. The molecule has 0 aromatic heterocycles. The molecule has 0 bridgehead atoms. The van der Waals surface area contributed by atoms with Crippen molar-refractivity contribution in [1.29, 1.82) is 0 Å². The predicted molar refractivity (Wildman–Crippen MR) is 87.7 cm³/mol. The second-order valence-corrected chi connectivity index (χ2v) is 6.71. The monoisotopic (exact) mass is 277 g/mol. The lowest BCUT2D eigenvalue weighted by atomic mass is 9.83. The molecule has 1 aromatic rings. The minimum absolute atomic E-state index is 0.281. The molecule has 2 heteroatoms. The Morgan fingerprint density at radius 1 is 1.20 bits per heavy atom. The van der Waals surface area contributed by atoms with Crippen LogP contribution in [0.3, 0.4) is 0 Å². The van der Waals surface area contributed by atoms with E-state index in [9.17, 15) is 0 Å². The van der Waals surface area contributed by atoms with Crippen LogP contribution in [0.25, 0.3) is 0 Å². The number of hydrogen-bond donors (Lipinski definition) is 1. The molecular formula is C18H31NO. The van der Waals surface area contributed by atoms with Gasteiger partial charge in [-0.25, -0.2) is 0 Å². The molecule has 1 aromatic carbocycles. The van der Waals surface area contributed by atoms with E-state index in [1.54, 1.807) is 7.11 Å². The van der Waals surface area contributed by atoms with E-state index in [0.29, 0.717) is 6.04 Å². The molecule has 0 aliphatic carbocycles. The lowest BCUT2D eigenvalue weighted by Gasteiger charge is -2.31. The zero-order chi connectivity index (χ0) is 15.3. The summed E-state index contributed by atoms with van der Waals surface area (Å²) in [5.74, 6) is 1.06. The fourth-order valence-corrected chi connectivity index (χ4v) is 2.71. The van der Waals surface area contributed by atoms with Crippen molar-refractivity contribution in [1.82, 2.24) is 5.32 Å². The molecule has 1 rings (SSSR count). The number of nitrogens with one attached hydrogen (secondary N) is 1. The molecule has 114 valence electrons. The van der Waals surface area contributed by atoms with Gasteiger partial charge in [0.25, 0.3) is 0 Å². The molecule has 20 heavy (non-hydrogen) atoms. The lowest BCUT2D eigenvalue weighted by molar-refractivity contribution is 0.257. The summed E-state index contributed by atoms with van der Waals surface area (Å²) < 4.78 is 5.61. The smallest absolute Gasteiger partial charge is 0.125 e. The van der Waals surface area contributed by atoms with Crippen LogP contribution >= 0.6 is 0 Å². The number of hydrogen-bond acceptors (Lipinski definition) is 2. The minimum Gasteiger partial charge on any atom is -0.496 e. The van der Waals surface area contributed by atoms with Gasteiger partial charge in [-0.1, -0.05) is 39.8 Å². The molecule has 0 heterocycles. The van der Waals surface area contributed by atoms with Crippen LogP contribution in [0.5, 0.6) is 5.75 Å². The van der Waals surface area contributed by atoms with Crippen LogP contribution < -0.4 is 10.1 Å². The molecule has 2 nitrogen and oxygen atoms in total. The predicted octanol–water partition coefficient (Wildman–Crippen LogP) is 4.27. The first-order valence-electron chi connectivity index (χ1n) is 7.67. The first kappa shape index (κ1) is 17.0. The normalized spacial score (nSPS) is 13.3. The molecule has 0 amide bonds. The van der Waals surface area contributed by atoms with E-state index in [0.717, 1.165) is 25.1 Å². The molecule has 0 aliphatic rings. The van der Waals surface area contributed by atoms with E-state index in [1.807, 2.05) is 0 Å². The summed E-state index contributed by atoms with van der Waals surface area (Å²) >= 11 is 0. The third kappa shape index (κ3) is 4.24. The Kier molecular flexibility index (Phi) is 6.07. The Balaban J connectivity index is 2.86. The van der Waals surface area contributed by atoms with E-state index < -0.39 is 0 Å². The zero-order valence-corrected chi connectivity index (χ0v) is 14.3. The van der Waals surface area contributed by atoms with Crippen molar-refractivity contribution >= 4 is 0 Å². The van der Waals surface area contributed by atoms with Crippen molar-refractivity contribution in [2.75, 3.05) is 13.7 Å². The van der Waals surface area contributed by atoms with Gasteiger partial charge in [0.05, 0.1) is 7.11 Å². The van der Waals surface area contributed by atoms with E-state index >= 15 is 0 Å². The Bertz CT molecular complexity index is 432. The molecule has 1 atom stereocenters. The van der Waals surface area contributed by atoms with Gasteiger partial charge in [0.2, 0.25) is 0 Å². The van der Waals surface area contributed by atoms with E-state index in [1.165, 1.54) is 16.7 Å². The van der Waals surface area contributed by atoms with Gasteiger partial charge in [-0.15, -0.1) is 0 Å². The maximum Gasteiger partial charge on any atom is 0.125 e. The van der Waals surface area contributed by atoms with Crippen molar-refractivity contribution in [2.45, 2.75) is 60.4 Å². The van der Waals surface area contributed by atoms with Crippen molar-refractivity contribution in [3.05, 3.63) is 28.8 Å². The largest absolute Gasteiger partial charge is 0.496 e. The van der Waals surface area contributed by atoms with Crippen LogP contribution in [0.2, 0.25) is 0 Å². The molecule has 0 saturated carbocycles. The van der Waals surface area contributed by atoms with Crippen LogP contribution in [0.1, 0.15) is 50.8 Å². The number of rotatable bonds is 6. The third-order valence-electron chi connectivity index (χ3n) is 4.16. The molecule has 1 unspecified atom stereocenters. The third-order valence-corrected chi connectivity index (χ3v) is 4.16. The molecule has 0 aliphatic heterocycles. The van der Waals surface area contributed by atoms with Gasteiger partial charge >= 0.3 is 0 Å². The number of benzene rings is 1. The summed E-state index contributed by atoms with van der Waals surface area (Å²) in [5.41, 5.74) is 4.16. The summed E-state index contributed by atoms with van der Waals surface area (Å²) in [7, 11) is 1.77. The quantitative estimate of drug-likeness (QED) is 0.838. The van der Waals surface area contributed by atoms with Crippen LogP contribution in [-0.2, 0) is 6.42 Å². The first-order valence-corrected chi connectivity index (χ1v) is 7.67. The van der Waals surface area contributed by atoms with E-state index in [-0.39, 0.29) is 5.41 Å². The fourth-order valence-electron chi connectivity index (χ4n) is 2.71. The Morgan fingerprint density at radius 3 is 2.35 bits per heavy atom. The van der Waals surface area contributed by atoms with Gasteiger partial charge in [0.15, 0.2) is 0 Å². The average Bonchev–Trinajstić information content (AvgIpc) is 2.37. The maximum absolute atomic E-state index is 5.61. The topological polar surface area (TPSA) is 21.3 Å². The average molecular weight is 277 g/mol. The highest BCUT2D eigenvalue weighted by molar-refractivity contribution is 5.45. The van der Waals surface area contributed by atoms with Gasteiger partial charge < -0.3 is 10.1 Å². The van der Waals surface area contributed by atoms with Gasteiger partial charge in [0, 0.05) is 6.04 Å². The van der Waals surface area contributed by atoms with Gasteiger partial charge in [-0.05, 0) is 55.3 Å². The molecular weight excluding hydrogens is 246 g/mol. The second kappa shape index (κ2) is 7.12. The molecule has 0 saturated heterocycles. The summed E-state index contributed by atoms with van der Waals surface area (Å²) in [5, 5.41) is 3.62. The minimum atomic E-state index is 0.281. The highest BCUT2D eigenvalue weighted by Crippen LogP contribution is 2.29. The number of aryl methyl sites for hydroxylation is 2. The summed E-state index contributed by atoms with van der Waals surface area (Å²) in [6, 6.07) is 4.94. The zero-order valence-electron chi connectivity index (χ0n) is 14.3. The second-order valence-electron chi connectivity index (χ2n) is 6.71. The first-order chi connectivity index (χ1) is 9.31.